The third-order valence-electron chi connectivity index (χ3n) is 5.75. The van der Waals surface area contributed by atoms with Crippen molar-refractivity contribution in [2.45, 2.75) is 92.5 Å². The van der Waals surface area contributed by atoms with E-state index in [1.807, 2.05) is 0 Å². The highest BCUT2D eigenvalue weighted by atomic mass is 14.9. The lowest BCUT2D eigenvalue weighted by molar-refractivity contribution is 0.133. The Morgan fingerprint density at radius 3 is 2.30 bits per heavy atom. The van der Waals surface area contributed by atoms with Crippen LogP contribution in [0.1, 0.15) is 86.5 Å². The van der Waals surface area contributed by atoms with Gasteiger partial charge in [0.1, 0.15) is 0 Å². The van der Waals surface area contributed by atoms with Crippen LogP contribution in [-0.2, 0) is 0 Å². The molecule has 1 nitrogen and oxygen atoms in total. The molecule has 0 amide bonds. The Kier molecular flexibility index (Phi) is 7.58. The summed E-state index contributed by atoms with van der Waals surface area (Å²) in [5.41, 5.74) is 0.433. The van der Waals surface area contributed by atoms with Gasteiger partial charge in [-0.15, -0.1) is 0 Å². The first kappa shape index (κ1) is 18.0. The van der Waals surface area contributed by atoms with Gasteiger partial charge in [-0.1, -0.05) is 67.2 Å². The van der Waals surface area contributed by atoms with Gasteiger partial charge in [0.2, 0.25) is 0 Å². The molecule has 0 saturated heterocycles. The van der Waals surface area contributed by atoms with E-state index in [2.05, 4.69) is 46.9 Å². The number of hydrogen-bond acceptors (Lipinski definition) is 1. The van der Waals surface area contributed by atoms with Crippen LogP contribution in [0, 0.1) is 23.2 Å². The molecule has 0 bridgehead atoms. The standard InChI is InChI=1S/C19H39N/c1-7-13-20-18(14-15(3)19(4,5)6)17-12-10-9-11-16(17)8-2/h15-18,20H,7-14H2,1-6H3. The molecule has 4 unspecified atom stereocenters. The summed E-state index contributed by atoms with van der Waals surface area (Å²) in [4.78, 5) is 0. The molecule has 0 radical (unpaired) electrons. The zero-order valence-electron chi connectivity index (χ0n) is 15.0. The summed E-state index contributed by atoms with van der Waals surface area (Å²) in [5, 5.41) is 3.91. The SMILES string of the molecule is CCCNC(CC(C)C(C)(C)C)C1CCCCC1CC. The first-order valence-corrected chi connectivity index (χ1v) is 9.13. The Morgan fingerprint density at radius 2 is 1.75 bits per heavy atom. The fourth-order valence-electron chi connectivity index (χ4n) is 3.75. The molecule has 0 spiro atoms. The maximum atomic E-state index is 3.91. The van der Waals surface area contributed by atoms with Gasteiger partial charge in [-0.2, -0.15) is 0 Å². The highest BCUT2D eigenvalue weighted by Gasteiger charge is 2.33. The first-order valence-electron chi connectivity index (χ1n) is 9.13. The third kappa shape index (κ3) is 5.39. The van der Waals surface area contributed by atoms with E-state index in [0.29, 0.717) is 5.41 Å². The van der Waals surface area contributed by atoms with Crippen LogP contribution in [0.5, 0.6) is 0 Å². The second-order valence-electron chi connectivity index (χ2n) is 8.18. The van der Waals surface area contributed by atoms with E-state index in [9.17, 15) is 0 Å². The van der Waals surface area contributed by atoms with Crippen LogP contribution in [0.25, 0.3) is 0 Å². The number of rotatable bonds is 7. The predicted molar refractivity (Wildman–Crippen MR) is 91.1 cm³/mol. The summed E-state index contributed by atoms with van der Waals surface area (Å²) in [6.07, 6.45) is 9.82. The van der Waals surface area contributed by atoms with Gasteiger partial charge >= 0.3 is 0 Å². The van der Waals surface area contributed by atoms with E-state index in [0.717, 1.165) is 23.8 Å². The second kappa shape index (κ2) is 8.41. The molecule has 1 fully saturated rings. The molecule has 1 N–H and O–H groups in total. The monoisotopic (exact) mass is 281 g/mol. The minimum absolute atomic E-state index is 0.433. The van der Waals surface area contributed by atoms with Gasteiger partial charge in [-0.3, -0.25) is 0 Å². The van der Waals surface area contributed by atoms with E-state index >= 15 is 0 Å². The molecule has 1 aliphatic carbocycles. The van der Waals surface area contributed by atoms with Gasteiger partial charge in [-0.25, -0.2) is 0 Å². The Bertz CT molecular complexity index is 253. The molecule has 20 heavy (non-hydrogen) atoms. The Balaban J connectivity index is 2.71. The molecule has 1 aliphatic rings. The average Bonchev–Trinajstić information content (AvgIpc) is 2.42. The van der Waals surface area contributed by atoms with Gasteiger partial charge in [-0.05, 0) is 49.0 Å². The predicted octanol–water partition coefficient (Wildman–Crippen LogP) is 5.64. The lowest BCUT2D eigenvalue weighted by Gasteiger charge is -2.40. The Morgan fingerprint density at radius 1 is 1.10 bits per heavy atom. The van der Waals surface area contributed by atoms with E-state index in [4.69, 9.17) is 0 Å². The zero-order chi connectivity index (χ0) is 15.2. The number of nitrogens with one attached hydrogen (secondary N) is 1. The van der Waals surface area contributed by atoms with E-state index in [-0.39, 0.29) is 0 Å². The van der Waals surface area contributed by atoms with Crippen LogP contribution in [0.15, 0.2) is 0 Å². The maximum absolute atomic E-state index is 3.91. The maximum Gasteiger partial charge on any atom is 0.0101 e. The summed E-state index contributed by atoms with van der Waals surface area (Å²) < 4.78 is 0. The largest absolute Gasteiger partial charge is 0.314 e. The summed E-state index contributed by atoms with van der Waals surface area (Å²) >= 11 is 0. The normalized spacial score (nSPS) is 27.3. The van der Waals surface area contributed by atoms with Crippen LogP contribution in [0.2, 0.25) is 0 Å². The smallest absolute Gasteiger partial charge is 0.0101 e. The molecule has 1 heteroatoms. The molecule has 0 heterocycles. The quantitative estimate of drug-likeness (QED) is 0.636. The molecule has 0 aliphatic heterocycles. The van der Waals surface area contributed by atoms with Crippen molar-refractivity contribution in [2.75, 3.05) is 6.54 Å². The minimum atomic E-state index is 0.433. The van der Waals surface area contributed by atoms with Crippen molar-refractivity contribution in [2.24, 2.45) is 23.2 Å². The van der Waals surface area contributed by atoms with E-state index in [1.165, 1.54) is 51.5 Å². The lowest BCUT2D eigenvalue weighted by Crippen LogP contribution is -2.43. The van der Waals surface area contributed by atoms with Crippen LogP contribution in [0.4, 0.5) is 0 Å². The Hall–Kier alpha value is -0.0400. The van der Waals surface area contributed by atoms with Crippen molar-refractivity contribution in [1.82, 2.24) is 5.32 Å². The molecular weight excluding hydrogens is 242 g/mol. The topological polar surface area (TPSA) is 12.0 Å². The average molecular weight is 282 g/mol. The highest BCUT2D eigenvalue weighted by Crippen LogP contribution is 2.38. The van der Waals surface area contributed by atoms with Gasteiger partial charge in [0.25, 0.3) is 0 Å². The fourth-order valence-corrected chi connectivity index (χ4v) is 3.75. The summed E-state index contributed by atoms with van der Waals surface area (Å²) in [7, 11) is 0. The van der Waals surface area contributed by atoms with Crippen LogP contribution in [0.3, 0.4) is 0 Å². The first-order chi connectivity index (χ1) is 9.40. The zero-order valence-corrected chi connectivity index (χ0v) is 15.0. The summed E-state index contributed by atoms with van der Waals surface area (Å²) in [5.74, 6) is 2.67. The van der Waals surface area contributed by atoms with Gasteiger partial charge in [0, 0.05) is 6.04 Å². The molecule has 0 aromatic heterocycles. The van der Waals surface area contributed by atoms with Gasteiger partial charge in [0.05, 0.1) is 0 Å². The second-order valence-corrected chi connectivity index (χ2v) is 8.18. The van der Waals surface area contributed by atoms with Crippen LogP contribution in [-0.4, -0.2) is 12.6 Å². The van der Waals surface area contributed by atoms with Crippen LogP contribution >= 0.6 is 0 Å². The minimum Gasteiger partial charge on any atom is -0.314 e. The molecule has 0 aromatic rings. The molecule has 0 aromatic carbocycles. The van der Waals surface area contributed by atoms with Crippen molar-refractivity contribution < 1.29 is 0 Å². The molecular formula is C19H39N. The summed E-state index contributed by atoms with van der Waals surface area (Å²) in [6, 6.07) is 0.745. The van der Waals surface area contributed by atoms with Crippen molar-refractivity contribution in [1.29, 1.82) is 0 Å². The van der Waals surface area contributed by atoms with Crippen molar-refractivity contribution in [3.05, 3.63) is 0 Å². The van der Waals surface area contributed by atoms with Crippen molar-refractivity contribution in [3.63, 3.8) is 0 Å². The third-order valence-corrected chi connectivity index (χ3v) is 5.75. The van der Waals surface area contributed by atoms with Gasteiger partial charge < -0.3 is 5.32 Å². The summed E-state index contributed by atoms with van der Waals surface area (Å²) in [6.45, 7) is 15.5. The fraction of sp³-hybridized carbons (Fsp3) is 1.00. The molecule has 1 saturated carbocycles. The van der Waals surface area contributed by atoms with Gasteiger partial charge in [0.15, 0.2) is 0 Å². The van der Waals surface area contributed by atoms with Crippen LogP contribution < -0.4 is 5.32 Å². The number of hydrogen-bond donors (Lipinski definition) is 1. The molecule has 120 valence electrons. The van der Waals surface area contributed by atoms with E-state index < -0.39 is 0 Å². The lowest BCUT2D eigenvalue weighted by atomic mass is 9.69. The molecule has 4 atom stereocenters. The molecule has 1 rings (SSSR count). The van der Waals surface area contributed by atoms with Crippen molar-refractivity contribution in [3.8, 4) is 0 Å². The van der Waals surface area contributed by atoms with E-state index in [1.54, 1.807) is 0 Å². The highest BCUT2D eigenvalue weighted by molar-refractivity contribution is 4.87. The Labute approximate surface area is 128 Å². The van der Waals surface area contributed by atoms with Crippen molar-refractivity contribution >= 4 is 0 Å².